The van der Waals surface area contributed by atoms with Crippen molar-refractivity contribution in [1.29, 1.82) is 0 Å². The maximum Gasteiger partial charge on any atom is 0.311 e. The Hall–Kier alpha value is -2.93. The van der Waals surface area contributed by atoms with Crippen molar-refractivity contribution in [3.05, 3.63) is 58.1 Å². The summed E-state index contributed by atoms with van der Waals surface area (Å²) in [5, 5.41) is 4.22. The number of hydrogen-bond donors (Lipinski definition) is 1. The van der Waals surface area contributed by atoms with Crippen LogP contribution in [0.1, 0.15) is 54.4 Å². The van der Waals surface area contributed by atoms with Gasteiger partial charge in [0.05, 0.1) is 36.4 Å². The molecule has 3 aromatic rings. The molecule has 1 amide bonds. The van der Waals surface area contributed by atoms with Gasteiger partial charge in [-0.05, 0) is 81.3 Å². The number of hydrogen-bond acceptors (Lipinski definition) is 5. The van der Waals surface area contributed by atoms with Crippen LogP contribution in [0.2, 0.25) is 0 Å². The molecule has 1 aromatic heterocycles. The van der Waals surface area contributed by atoms with Crippen molar-refractivity contribution in [3.63, 3.8) is 0 Å². The third-order valence-electron chi connectivity index (χ3n) is 8.00. The molecule has 0 atom stereocenters. The van der Waals surface area contributed by atoms with Gasteiger partial charge in [0.15, 0.2) is 0 Å². The predicted molar refractivity (Wildman–Crippen MR) is 139 cm³/mol. The minimum Gasteiger partial charge on any atom is -0.497 e. The molecule has 1 heterocycles. The van der Waals surface area contributed by atoms with Gasteiger partial charge in [0.25, 0.3) is 5.91 Å². The molecular weight excluding hydrogens is 508 g/mol. The standard InChI is InChI=1S/C28H29BrN2O4/c1-17-23(25(32)31-28-12-9-27(10-13-28,11-14-28)26(33)35-3)21-16-19(29)7-8-22(21)30-24(17)18-5-4-6-20(15-18)34-2/h4-8,15-16H,9-14H2,1-3H3,(H,31,32). The Morgan fingerprint density at radius 1 is 1.00 bits per heavy atom. The number of carbonyl (C=O) groups is 2. The monoisotopic (exact) mass is 536 g/mol. The molecule has 0 saturated heterocycles. The fourth-order valence-electron chi connectivity index (χ4n) is 5.87. The van der Waals surface area contributed by atoms with Crippen LogP contribution in [0.25, 0.3) is 22.2 Å². The van der Waals surface area contributed by atoms with Crippen LogP contribution in [0, 0.1) is 12.3 Å². The van der Waals surface area contributed by atoms with Crippen LogP contribution in [0.5, 0.6) is 5.75 Å². The van der Waals surface area contributed by atoms with E-state index in [4.69, 9.17) is 14.5 Å². The van der Waals surface area contributed by atoms with Crippen LogP contribution in [0.4, 0.5) is 0 Å². The molecule has 3 fully saturated rings. The summed E-state index contributed by atoms with van der Waals surface area (Å²) in [5.74, 6) is 0.536. The van der Waals surface area contributed by atoms with E-state index in [1.54, 1.807) is 7.11 Å². The number of nitrogens with one attached hydrogen (secondary N) is 1. The van der Waals surface area contributed by atoms with Gasteiger partial charge in [-0.25, -0.2) is 4.98 Å². The quantitative estimate of drug-likeness (QED) is 0.406. The van der Waals surface area contributed by atoms with Gasteiger partial charge >= 0.3 is 5.97 Å². The Bertz CT molecular complexity index is 1310. The van der Waals surface area contributed by atoms with E-state index in [0.717, 1.165) is 76.5 Å². The van der Waals surface area contributed by atoms with Gasteiger partial charge in [-0.3, -0.25) is 9.59 Å². The predicted octanol–water partition coefficient (Wildman–Crippen LogP) is 5.98. The molecule has 0 aliphatic heterocycles. The largest absolute Gasteiger partial charge is 0.497 e. The summed E-state index contributed by atoms with van der Waals surface area (Å²) in [6.45, 7) is 1.96. The smallest absolute Gasteiger partial charge is 0.311 e. The summed E-state index contributed by atoms with van der Waals surface area (Å²) in [6.07, 6.45) is 4.58. The van der Waals surface area contributed by atoms with Crippen molar-refractivity contribution in [1.82, 2.24) is 10.3 Å². The molecule has 35 heavy (non-hydrogen) atoms. The topological polar surface area (TPSA) is 77.5 Å². The molecule has 3 aliphatic carbocycles. The molecular formula is C28H29BrN2O4. The third kappa shape index (κ3) is 4.10. The minimum absolute atomic E-state index is 0.0929. The molecule has 2 bridgehead atoms. The van der Waals surface area contributed by atoms with Crippen molar-refractivity contribution < 1.29 is 19.1 Å². The zero-order valence-corrected chi connectivity index (χ0v) is 21.8. The van der Waals surface area contributed by atoms with Crippen LogP contribution in [0.15, 0.2) is 46.9 Å². The first kappa shape index (κ1) is 23.8. The number of nitrogens with zero attached hydrogens (tertiary/aromatic N) is 1. The summed E-state index contributed by atoms with van der Waals surface area (Å²) in [6, 6.07) is 13.6. The van der Waals surface area contributed by atoms with Gasteiger partial charge in [-0.15, -0.1) is 0 Å². The van der Waals surface area contributed by atoms with Gasteiger partial charge in [-0.2, -0.15) is 0 Å². The van der Waals surface area contributed by atoms with Gasteiger partial charge in [0.1, 0.15) is 5.75 Å². The fraction of sp³-hybridized carbons (Fsp3) is 0.393. The van der Waals surface area contributed by atoms with E-state index in [0.29, 0.717) is 5.56 Å². The van der Waals surface area contributed by atoms with Crippen molar-refractivity contribution in [2.75, 3.05) is 14.2 Å². The summed E-state index contributed by atoms with van der Waals surface area (Å²) in [5.41, 5.74) is 3.21. The highest BCUT2D eigenvalue weighted by Gasteiger charge is 2.53. The molecule has 182 valence electrons. The van der Waals surface area contributed by atoms with E-state index in [9.17, 15) is 9.59 Å². The summed E-state index contributed by atoms with van der Waals surface area (Å²) in [7, 11) is 3.10. The average molecular weight is 537 g/mol. The average Bonchev–Trinajstić information content (AvgIpc) is 2.88. The molecule has 3 aliphatic rings. The maximum absolute atomic E-state index is 13.9. The van der Waals surface area contributed by atoms with Gasteiger partial charge in [0.2, 0.25) is 0 Å². The van der Waals surface area contributed by atoms with E-state index in [1.165, 1.54) is 7.11 Å². The number of rotatable bonds is 5. The maximum atomic E-state index is 13.9. The highest BCUT2D eigenvalue weighted by Crippen LogP contribution is 2.53. The number of methoxy groups -OCH3 is 2. The second kappa shape index (κ2) is 8.94. The zero-order valence-electron chi connectivity index (χ0n) is 20.2. The van der Waals surface area contributed by atoms with Crippen LogP contribution >= 0.6 is 15.9 Å². The van der Waals surface area contributed by atoms with Crippen LogP contribution in [-0.2, 0) is 9.53 Å². The lowest BCUT2D eigenvalue weighted by molar-refractivity contribution is -0.160. The first-order chi connectivity index (χ1) is 16.8. The molecule has 0 spiro atoms. The number of fused-ring (bicyclic) bond motifs is 4. The number of amides is 1. The first-order valence-electron chi connectivity index (χ1n) is 11.9. The summed E-state index contributed by atoms with van der Waals surface area (Å²) in [4.78, 5) is 31.3. The highest BCUT2D eigenvalue weighted by atomic mass is 79.9. The number of aromatic nitrogens is 1. The van der Waals surface area contributed by atoms with Crippen LogP contribution < -0.4 is 10.1 Å². The van der Waals surface area contributed by atoms with E-state index in [-0.39, 0.29) is 22.8 Å². The second-order valence-corrected chi connectivity index (χ2v) is 10.8. The van der Waals surface area contributed by atoms with Crippen molar-refractivity contribution in [2.45, 2.75) is 51.0 Å². The Labute approximate surface area is 213 Å². The normalized spacial score (nSPS) is 23.2. The minimum atomic E-state index is -0.384. The van der Waals surface area contributed by atoms with Gasteiger partial charge in [-0.1, -0.05) is 28.1 Å². The Morgan fingerprint density at radius 3 is 2.37 bits per heavy atom. The lowest BCUT2D eigenvalue weighted by Gasteiger charge is -2.52. The highest BCUT2D eigenvalue weighted by molar-refractivity contribution is 9.10. The number of halogens is 1. The van der Waals surface area contributed by atoms with Crippen molar-refractivity contribution in [3.8, 4) is 17.0 Å². The lowest BCUT2D eigenvalue weighted by atomic mass is 9.57. The molecule has 0 radical (unpaired) electrons. The van der Waals surface area contributed by atoms with Gasteiger partial charge in [0, 0.05) is 21.0 Å². The van der Waals surface area contributed by atoms with E-state index in [1.807, 2.05) is 49.4 Å². The lowest BCUT2D eigenvalue weighted by Crippen LogP contribution is -2.58. The third-order valence-corrected chi connectivity index (χ3v) is 8.50. The molecule has 1 N–H and O–H groups in total. The number of benzene rings is 2. The SMILES string of the molecule is COC(=O)C12CCC(NC(=O)c3c(C)c(-c4cccc(OC)c4)nc4ccc(Br)cc34)(CC1)CC2. The van der Waals surface area contributed by atoms with E-state index in [2.05, 4.69) is 21.2 Å². The number of ether oxygens (including phenoxy) is 2. The summed E-state index contributed by atoms with van der Waals surface area (Å²) < 4.78 is 11.4. The van der Waals surface area contributed by atoms with E-state index >= 15 is 0 Å². The Morgan fingerprint density at radius 2 is 1.71 bits per heavy atom. The van der Waals surface area contributed by atoms with Crippen molar-refractivity contribution in [2.24, 2.45) is 5.41 Å². The first-order valence-corrected chi connectivity index (χ1v) is 12.7. The Balaban J connectivity index is 1.54. The molecule has 6 nitrogen and oxygen atoms in total. The van der Waals surface area contributed by atoms with Crippen LogP contribution in [0.3, 0.4) is 0 Å². The number of esters is 1. The Kier molecular flexibility index (Phi) is 6.08. The van der Waals surface area contributed by atoms with Crippen molar-refractivity contribution >= 4 is 38.7 Å². The van der Waals surface area contributed by atoms with E-state index < -0.39 is 0 Å². The second-order valence-electron chi connectivity index (χ2n) is 9.86. The summed E-state index contributed by atoms with van der Waals surface area (Å²) >= 11 is 3.56. The molecule has 3 saturated carbocycles. The molecule has 0 unspecified atom stereocenters. The number of pyridine rings is 1. The fourth-order valence-corrected chi connectivity index (χ4v) is 6.24. The molecule has 2 aromatic carbocycles. The van der Waals surface area contributed by atoms with Gasteiger partial charge < -0.3 is 14.8 Å². The van der Waals surface area contributed by atoms with Crippen LogP contribution in [-0.4, -0.2) is 36.6 Å². The molecule has 7 heteroatoms. The molecule has 6 rings (SSSR count). The number of carbonyl (C=O) groups excluding carboxylic acids is 2. The zero-order chi connectivity index (χ0) is 24.8.